The Labute approximate surface area is 85.8 Å². The van der Waals surface area contributed by atoms with Crippen molar-refractivity contribution in [3.63, 3.8) is 0 Å². The zero-order valence-electron chi connectivity index (χ0n) is 8.43. The molecule has 0 saturated carbocycles. The first kappa shape index (κ1) is 11.8. The van der Waals surface area contributed by atoms with E-state index in [1.165, 1.54) is 19.2 Å². The molecule has 2 N–H and O–H groups in total. The van der Waals surface area contributed by atoms with Crippen molar-refractivity contribution in [2.45, 2.75) is 19.1 Å². The van der Waals surface area contributed by atoms with Gasteiger partial charge in [0.1, 0.15) is 5.75 Å². The summed E-state index contributed by atoms with van der Waals surface area (Å²) in [6.45, 7) is 1.63. The molecule has 0 radical (unpaired) electrons. The van der Waals surface area contributed by atoms with Gasteiger partial charge >= 0.3 is 6.18 Å². The highest BCUT2D eigenvalue weighted by Crippen LogP contribution is 2.37. The summed E-state index contributed by atoms with van der Waals surface area (Å²) in [6, 6.07) is 3.39. The third kappa shape index (κ3) is 2.62. The Morgan fingerprint density at radius 2 is 1.93 bits per heavy atom. The average molecular weight is 219 g/mol. The van der Waals surface area contributed by atoms with E-state index < -0.39 is 17.8 Å². The van der Waals surface area contributed by atoms with Crippen LogP contribution < -0.4 is 10.5 Å². The molecule has 0 saturated heterocycles. The smallest absolute Gasteiger partial charge is 0.419 e. The number of hydrogen-bond donors (Lipinski definition) is 1. The van der Waals surface area contributed by atoms with E-state index in [2.05, 4.69) is 4.74 Å². The molecule has 0 heterocycles. The van der Waals surface area contributed by atoms with Crippen molar-refractivity contribution in [3.05, 3.63) is 29.3 Å². The van der Waals surface area contributed by atoms with Crippen molar-refractivity contribution in [2.24, 2.45) is 5.73 Å². The van der Waals surface area contributed by atoms with Crippen LogP contribution in [0.2, 0.25) is 0 Å². The van der Waals surface area contributed by atoms with Gasteiger partial charge in [0.25, 0.3) is 0 Å². The zero-order valence-corrected chi connectivity index (χ0v) is 8.43. The molecule has 1 rings (SSSR count). The molecule has 0 aromatic heterocycles. The maximum atomic E-state index is 12.6. The van der Waals surface area contributed by atoms with E-state index in [4.69, 9.17) is 5.73 Å². The minimum Gasteiger partial charge on any atom is -0.496 e. The van der Waals surface area contributed by atoms with E-state index >= 15 is 0 Å². The van der Waals surface area contributed by atoms with Crippen LogP contribution in [0, 0.1) is 0 Å². The second kappa shape index (κ2) is 4.10. The number of nitrogens with two attached hydrogens (primary N) is 1. The molecule has 1 atom stereocenters. The number of rotatable bonds is 2. The van der Waals surface area contributed by atoms with Gasteiger partial charge in [-0.2, -0.15) is 13.2 Å². The Morgan fingerprint density at radius 3 is 2.33 bits per heavy atom. The standard InChI is InChI=1S/C10H12F3NO/c1-6(14)7-3-4-9(15-2)8(5-7)10(11,12)13/h3-6H,14H2,1-2H3/t6-/m1/s1. The van der Waals surface area contributed by atoms with Gasteiger partial charge in [0, 0.05) is 6.04 Å². The van der Waals surface area contributed by atoms with E-state index in [-0.39, 0.29) is 5.75 Å². The van der Waals surface area contributed by atoms with Crippen LogP contribution in [0.15, 0.2) is 18.2 Å². The van der Waals surface area contributed by atoms with E-state index in [0.29, 0.717) is 5.56 Å². The maximum Gasteiger partial charge on any atom is 0.419 e. The van der Waals surface area contributed by atoms with E-state index in [9.17, 15) is 13.2 Å². The Morgan fingerprint density at radius 1 is 1.33 bits per heavy atom. The lowest BCUT2D eigenvalue weighted by molar-refractivity contribution is -0.138. The highest BCUT2D eigenvalue weighted by atomic mass is 19.4. The lowest BCUT2D eigenvalue weighted by Crippen LogP contribution is -2.11. The SMILES string of the molecule is COc1ccc([C@@H](C)N)cc1C(F)(F)F. The molecule has 0 aliphatic rings. The van der Waals surface area contributed by atoms with Gasteiger partial charge in [0.05, 0.1) is 12.7 Å². The Bertz CT molecular complexity index is 347. The fourth-order valence-electron chi connectivity index (χ4n) is 1.23. The number of benzene rings is 1. The van der Waals surface area contributed by atoms with Gasteiger partial charge in [0.15, 0.2) is 0 Å². The summed E-state index contributed by atoms with van der Waals surface area (Å²) in [6.07, 6.45) is -4.42. The summed E-state index contributed by atoms with van der Waals surface area (Å²) < 4.78 is 42.3. The van der Waals surface area contributed by atoms with E-state index in [1.807, 2.05) is 0 Å². The summed E-state index contributed by atoms with van der Waals surface area (Å²) in [7, 11) is 1.20. The number of methoxy groups -OCH3 is 1. The molecule has 0 bridgehead atoms. The van der Waals surface area contributed by atoms with Crippen molar-refractivity contribution in [2.75, 3.05) is 7.11 Å². The number of ether oxygens (including phenoxy) is 1. The number of halogens is 3. The van der Waals surface area contributed by atoms with Gasteiger partial charge < -0.3 is 10.5 Å². The van der Waals surface area contributed by atoms with Crippen molar-refractivity contribution in [1.29, 1.82) is 0 Å². The molecule has 0 aliphatic carbocycles. The topological polar surface area (TPSA) is 35.2 Å². The molecule has 15 heavy (non-hydrogen) atoms. The van der Waals surface area contributed by atoms with Crippen LogP contribution in [0.1, 0.15) is 24.1 Å². The molecule has 0 unspecified atom stereocenters. The first-order valence-electron chi connectivity index (χ1n) is 4.37. The molecule has 0 fully saturated rings. The van der Waals surface area contributed by atoms with Gasteiger partial charge in [-0.25, -0.2) is 0 Å². The van der Waals surface area contributed by atoms with Crippen LogP contribution >= 0.6 is 0 Å². The third-order valence-electron chi connectivity index (χ3n) is 2.05. The fourth-order valence-corrected chi connectivity index (χ4v) is 1.23. The van der Waals surface area contributed by atoms with Crippen LogP contribution in [0.25, 0.3) is 0 Å². The van der Waals surface area contributed by atoms with E-state index in [1.54, 1.807) is 6.92 Å². The molecular weight excluding hydrogens is 207 g/mol. The monoisotopic (exact) mass is 219 g/mol. The first-order chi connectivity index (χ1) is 6.86. The van der Waals surface area contributed by atoms with Crippen LogP contribution in [0.3, 0.4) is 0 Å². The van der Waals surface area contributed by atoms with Gasteiger partial charge in [-0.15, -0.1) is 0 Å². The highest BCUT2D eigenvalue weighted by Gasteiger charge is 2.34. The quantitative estimate of drug-likeness (QED) is 0.830. The van der Waals surface area contributed by atoms with Gasteiger partial charge in [0.2, 0.25) is 0 Å². The number of hydrogen-bond acceptors (Lipinski definition) is 2. The van der Waals surface area contributed by atoms with E-state index in [0.717, 1.165) is 6.07 Å². The summed E-state index contributed by atoms with van der Waals surface area (Å²) >= 11 is 0. The third-order valence-corrected chi connectivity index (χ3v) is 2.05. The highest BCUT2D eigenvalue weighted by molar-refractivity contribution is 5.40. The van der Waals surface area contributed by atoms with Crippen molar-refractivity contribution >= 4 is 0 Å². The Hall–Kier alpha value is -1.23. The van der Waals surface area contributed by atoms with Gasteiger partial charge in [-0.1, -0.05) is 6.07 Å². The summed E-state index contributed by atoms with van der Waals surface area (Å²) in [5.41, 5.74) is 5.15. The summed E-state index contributed by atoms with van der Waals surface area (Å²) in [5, 5.41) is 0. The Kier molecular flexibility index (Phi) is 3.24. The van der Waals surface area contributed by atoms with Crippen molar-refractivity contribution in [3.8, 4) is 5.75 Å². The van der Waals surface area contributed by atoms with Crippen LogP contribution in [0.4, 0.5) is 13.2 Å². The molecule has 1 aromatic carbocycles. The number of alkyl halides is 3. The van der Waals surface area contributed by atoms with Gasteiger partial charge in [-0.05, 0) is 24.6 Å². The molecule has 5 heteroatoms. The molecule has 0 aliphatic heterocycles. The second-order valence-electron chi connectivity index (χ2n) is 3.25. The predicted molar refractivity (Wildman–Crippen MR) is 50.6 cm³/mol. The first-order valence-corrected chi connectivity index (χ1v) is 4.37. The van der Waals surface area contributed by atoms with Crippen LogP contribution in [0.5, 0.6) is 5.75 Å². The lowest BCUT2D eigenvalue weighted by atomic mass is 10.0. The summed E-state index contributed by atoms with van der Waals surface area (Å²) in [4.78, 5) is 0. The maximum absolute atomic E-state index is 12.6. The molecule has 2 nitrogen and oxygen atoms in total. The lowest BCUT2D eigenvalue weighted by Gasteiger charge is -2.14. The summed E-state index contributed by atoms with van der Waals surface area (Å²) in [5.74, 6) is -0.188. The average Bonchev–Trinajstić information content (AvgIpc) is 2.15. The zero-order chi connectivity index (χ0) is 11.6. The second-order valence-corrected chi connectivity index (χ2v) is 3.25. The van der Waals surface area contributed by atoms with Crippen LogP contribution in [-0.2, 0) is 6.18 Å². The predicted octanol–water partition coefficient (Wildman–Crippen LogP) is 2.73. The molecule has 0 spiro atoms. The van der Waals surface area contributed by atoms with Crippen LogP contribution in [-0.4, -0.2) is 7.11 Å². The minimum absolute atomic E-state index is 0.188. The molecular formula is C10H12F3NO. The normalized spacial score (nSPS) is 13.7. The molecule has 84 valence electrons. The molecule has 1 aromatic rings. The van der Waals surface area contributed by atoms with Crippen molar-refractivity contribution < 1.29 is 17.9 Å². The van der Waals surface area contributed by atoms with Gasteiger partial charge in [-0.3, -0.25) is 0 Å². The largest absolute Gasteiger partial charge is 0.496 e. The minimum atomic E-state index is -4.42. The van der Waals surface area contributed by atoms with Crippen molar-refractivity contribution in [1.82, 2.24) is 0 Å². The Balaban J connectivity index is 3.26. The molecule has 0 amide bonds. The fraction of sp³-hybridized carbons (Fsp3) is 0.400.